The Hall–Kier alpha value is -3.72. The van der Waals surface area contributed by atoms with Crippen LogP contribution in [0, 0.1) is 6.92 Å². The lowest BCUT2D eigenvalue weighted by atomic mass is 10.1. The molecular weight excluding hydrogens is 468 g/mol. The highest BCUT2D eigenvalue weighted by Crippen LogP contribution is 2.32. The number of aryl methyl sites for hydroxylation is 1. The third-order valence-corrected chi connectivity index (χ3v) is 7.49. The first-order valence-electron chi connectivity index (χ1n) is 11.2. The topological polar surface area (TPSA) is 94.2 Å². The summed E-state index contributed by atoms with van der Waals surface area (Å²) in [5.74, 6) is 1.38. The molecular formula is C26H28N2O6S. The van der Waals surface area contributed by atoms with Crippen LogP contribution in [0.2, 0.25) is 0 Å². The molecule has 184 valence electrons. The van der Waals surface area contributed by atoms with E-state index >= 15 is 0 Å². The van der Waals surface area contributed by atoms with E-state index in [0.717, 1.165) is 15.4 Å². The summed E-state index contributed by atoms with van der Waals surface area (Å²) in [5, 5.41) is 2.89. The smallest absolute Gasteiger partial charge is 0.264 e. The summed E-state index contributed by atoms with van der Waals surface area (Å²) in [6.07, 6.45) is 0. The van der Waals surface area contributed by atoms with Crippen LogP contribution in [0.25, 0.3) is 0 Å². The number of benzene rings is 3. The molecule has 3 aromatic carbocycles. The molecule has 0 saturated carbocycles. The maximum atomic E-state index is 13.5. The van der Waals surface area contributed by atoms with Gasteiger partial charge in [-0.3, -0.25) is 9.10 Å². The Labute approximate surface area is 205 Å². The van der Waals surface area contributed by atoms with E-state index in [0.29, 0.717) is 36.1 Å². The Morgan fingerprint density at radius 3 is 2.31 bits per heavy atom. The lowest BCUT2D eigenvalue weighted by Gasteiger charge is -2.26. The van der Waals surface area contributed by atoms with Gasteiger partial charge < -0.3 is 19.5 Å². The molecule has 0 aliphatic carbocycles. The minimum Gasteiger partial charge on any atom is -0.497 e. The number of methoxy groups -OCH3 is 1. The molecule has 1 amide bonds. The van der Waals surface area contributed by atoms with Crippen molar-refractivity contribution >= 4 is 21.6 Å². The number of nitrogens with zero attached hydrogens (tertiary/aromatic N) is 1. The minimum absolute atomic E-state index is 0.0616. The van der Waals surface area contributed by atoms with Crippen LogP contribution in [0.4, 0.5) is 5.69 Å². The Morgan fingerprint density at radius 2 is 1.66 bits per heavy atom. The maximum absolute atomic E-state index is 13.5. The Balaban J connectivity index is 1.56. The summed E-state index contributed by atoms with van der Waals surface area (Å²) >= 11 is 0. The molecule has 3 aromatic rings. The number of ether oxygens (including phenoxy) is 3. The second-order valence-corrected chi connectivity index (χ2v) is 10.1. The zero-order valence-electron chi connectivity index (χ0n) is 19.9. The van der Waals surface area contributed by atoms with Crippen LogP contribution in [0.15, 0.2) is 71.6 Å². The molecule has 4 rings (SSSR count). The van der Waals surface area contributed by atoms with Crippen molar-refractivity contribution < 1.29 is 27.4 Å². The van der Waals surface area contributed by atoms with E-state index in [4.69, 9.17) is 14.2 Å². The van der Waals surface area contributed by atoms with Crippen LogP contribution < -0.4 is 23.8 Å². The Kier molecular flexibility index (Phi) is 7.16. The zero-order chi connectivity index (χ0) is 25.0. The van der Waals surface area contributed by atoms with E-state index in [1.165, 1.54) is 19.2 Å². The Morgan fingerprint density at radius 1 is 1.00 bits per heavy atom. The summed E-state index contributed by atoms with van der Waals surface area (Å²) in [5.41, 5.74) is 2.20. The number of hydrogen-bond donors (Lipinski definition) is 1. The molecule has 1 heterocycles. The molecule has 1 aliphatic heterocycles. The number of sulfonamides is 1. The summed E-state index contributed by atoms with van der Waals surface area (Å²) < 4.78 is 44.5. The van der Waals surface area contributed by atoms with Gasteiger partial charge in [-0.15, -0.1) is 0 Å². The van der Waals surface area contributed by atoms with E-state index in [1.54, 1.807) is 30.3 Å². The molecule has 0 spiro atoms. The van der Waals surface area contributed by atoms with E-state index in [1.807, 2.05) is 38.1 Å². The standard InChI is InChI=1S/C26H28N2O6S/c1-18-4-7-21(8-5-18)28(35(30,31)23-11-9-22(32-3)10-12-23)17-26(29)27-19(2)20-6-13-24-25(16-20)34-15-14-33-24/h4-13,16,19H,14-15,17H2,1-3H3,(H,27,29). The number of rotatable bonds is 8. The SMILES string of the molecule is COc1ccc(S(=O)(=O)N(CC(=O)NC(C)c2ccc3c(c2)OCCO3)c2ccc(C)cc2)cc1. The first-order chi connectivity index (χ1) is 16.8. The summed E-state index contributed by atoms with van der Waals surface area (Å²) in [6.45, 7) is 4.32. The van der Waals surface area contributed by atoms with Gasteiger partial charge >= 0.3 is 0 Å². The van der Waals surface area contributed by atoms with Crippen molar-refractivity contribution in [3.63, 3.8) is 0 Å². The van der Waals surface area contributed by atoms with Gasteiger partial charge in [-0.05, 0) is 67.9 Å². The van der Waals surface area contributed by atoms with Crippen molar-refractivity contribution in [1.29, 1.82) is 0 Å². The molecule has 8 nitrogen and oxygen atoms in total. The van der Waals surface area contributed by atoms with Gasteiger partial charge in [0.25, 0.3) is 10.0 Å². The second-order valence-electron chi connectivity index (χ2n) is 8.22. The second kappa shape index (κ2) is 10.3. The molecule has 1 aliphatic rings. The van der Waals surface area contributed by atoms with E-state index in [-0.39, 0.29) is 17.5 Å². The van der Waals surface area contributed by atoms with Crippen molar-refractivity contribution in [1.82, 2.24) is 5.32 Å². The lowest BCUT2D eigenvalue weighted by Crippen LogP contribution is -2.41. The third kappa shape index (κ3) is 5.51. The normalized spacial score (nSPS) is 13.6. The largest absolute Gasteiger partial charge is 0.497 e. The number of carbonyl (C=O) groups excluding carboxylic acids is 1. The fourth-order valence-corrected chi connectivity index (χ4v) is 5.15. The van der Waals surface area contributed by atoms with Gasteiger partial charge in [0.2, 0.25) is 5.91 Å². The highest BCUT2D eigenvalue weighted by atomic mass is 32.2. The van der Waals surface area contributed by atoms with E-state index in [2.05, 4.69) is 5.32 Å². The fraction of sp³-hybridized carbons (Fsp3) is 0.269. The molecule has 1 N–H and O–H groups in total. The Bertz CT molecular complexity index is 1290. The van der Waals surface area contributed by atoms with E-state index < -0.39 is 15.9 Å². The highest BCUT2D eigenvalue weighted by Gasteiger charge is 2.28. The maximum Gasteiger partial charge on any atom is 0.264 e. The van der Waals surface area contributed by atoms with Crippen molar-refractivity contribution in [2.45, 2.75) is 24.8 Å². The number of hydrogen-bond acceptors (Lipinski definition) is 6. The van der Waals surface area contributed by atoms with Crippen LogP contribution in [-0.2, 0) is 14.8 Å². The quantitative estimate of drug-likeness (QED) is 0.509. The first kappa shape index (κ1) is 24.4. The van der Waals surface area contributed by atoms with Gasteiger partial charge in [0, 0.05) is 0 Å². The molecule has 9 heteroatoms. The van der Waals surface area contributed by atoms with Gasteiger partial charge in [0.15, 0.2) is 11.5 Å². The molecule has 0 saturated heterocycles. The predicted molar refractivity (Wildman–Crippen MR) is 133 cm³/mol. The third-order valence-electron chi connectivity index (χ3n) is 5.70. The monoisotopic (exact) mass is 496 g/mol. The van der Waals surface area contributed by atoms with Gasteiger partial charge in [-0.2, -0.15) is 0 Å². The summed E-state index contributed by atoms with van der Waals surface area (Å²) in [4.78, 5) is 13.1. The van der Waals surface area contributed by atoms with Crippen LogP contribution in [0.3, 0.4) is 0 Å². The van der Waals surface area contributed by atoms with Gasteiger partial charge in [0.1, 0.15) is 25.5 Å². The fourth-order valence-electron chi connectivity index (χ4n) is 3.73. The molecule has 1 unspecified atom stereocenters. The molecule has 0 fully saturated rings. The molecule has 35 heavy (non-hydrogen) atoms. The minimum atomic E-state index is -4.02. The number of fused-ring (bicyclic) bond motifs is 1. The van der Waals surface area contributed by atoms with Crippen LogP contribution in [-0.4, -0.2) is 41.2 Å². The van der Waals surface area contributed by atoms with Crippen LogP contribution >= 0.6 is 0 Å². The van der Waals surface area contributed by atoms with Crippen molar-refractivity contribution in [3.05, 3.63) is 77.9 Å². The summed E-state index contributed by atoms with van der Waals surface area (Å²) in [7, 11) is -2.51. The summed E-state index contributed by atoms with van der Waals surface area (Å²) in [6, 6.07) is 18.2. The van der Waals surface area contributed by atoms with Crippen molar-refractivity contribution in [2.24, 2.45) is 0 Å². The van der Waals surface area contributed by atoms with Gasteiger partial charge in [0.05, 0.1) is 23.7 Å². The van der Waals surface area contributed by atoms with Gasteiger partial charge in [-0.25, -0.2) is 8.42 Å². The molecule has 0 radical (unpaired) electrons. The van der Waals surface area contributed by atoms with E-state index in [9.17, 15) is 13.2 Å². The average molecular weight is 497 g/mol. The predicted octanol–water partition coefficient (Wildman–Crippen LogP) is 3.85. The molecule has 1 atom stereocenters. The number of carbonyl (C=O) groups is 1. The van der Waals surface area contributed by atoms with Crippen LogP contribution in [0.5, 0.6) is 17.2 Å². The van der Waals surface area contributed by atoms with Gasteiger partial charge in [-0.1, -0.05) is 23.8 Å². The molecule has 0 bridgehead atoms. The van der Waals surface area contributed by atoms with Crippen LogP contribution in [0.1, 0.15) is 24.1 Å². The number of nitrogens with one attached hydrogen (secondary N) is 1. The lowest BCUT2D eigenvalue weighted by molar-refractivity contribution is -0.120. The number of amides is 1. The average Bonchev–Trinajstić information content (AvgIpc) is 2.87. The molecule has 0 aromatic heterocycles. The highest BCUT2D eigenvalue weighted by molar-refractivity contribution is 7.92. The van der Waals surface area contributed by atoms with Crippen molar-refractivity contribution in [2.75, 3.05) is 31.2 Å². The van der Waals surface area contributed by atoms with Crippen molar-refractivity contribution in [3.8, 4) is 17.2 Å². The number of anilines is 1. The zero-order valence-corrected chi connectivity index (χ0v) is 20.7. The first-order valence-corrected chi connectivity index (χ1v) is 12.6.